The predicted molar refractivity (Wildman–Crippen MR) is 67.5 cm³/mol. The van der Waals surface area contributed by atoms with E-state index in [0.29, 0.717) is 30.2 Å². The molecule has 1 saturated heterocycles. The van der Waals surface area contributed by atoms with Crippen LogP contribution in [0.25, 0.3) is 11.6 Å². The number of nitrogens with zero attached hydrogens (tertiary/aromatic N) is 4. The van der Waals surface area contributed by atoms with Gasteiger partial charge in [-0.2, -0.15) is 4.98 Å². The topological polar surface area (TPSA) is 78.0 Å². The second-order valence-electron chi connectivity index (χ2n) is 4.68. The minimum Gasteiger partial charge on any atom is -0.381 e. The quantitative estimate of drug-likeness (QED) is 0.872. The Labute approximate surface area is 111 Å². The molecule has 0 aromatic carbocycles. The number of hydrogen-bond acceptors (Lipinski definition) is 6. The molecule has 3 rings (SSSR count). The van der Waals surface area contributed by atoms with Crippen molar-refractivity contribution in [2.45, 2.75) is 18.4 Å². The largest absolute Gasteiger partial charge is 0.381 e. The highest BCUT2D eigenvalue weighted by Gasteiger charge is 2.31. The number of aryl methyl sites for hydroxylation is 1. The van der Waals surface area contributed by atoms with Crippen molar-refractivity contribution in [2.75, 3.05) is 20.3 Å². The van der Waals surface area contributed by atoms with Crippen molar-refractivity contribution in [3.05, 3.63) is 18.3 Å². The highest BCUT2D eigenvalue weighted by Crippen LogP contribution is 2.26. The summed E-state index contributed by atoms with van der Waals surface area (Å²) >= 11 is 0. The van der Waals surface area contributed by atoms with E-state index in [1.54, 1.807) is 6.20 Å². The van der Waals surface area contributed by atoms with E-state index in [0.717, 1.165) is 13.0 Å². The third kappa shape index (κ3) is 2.26. The van der Waals surface area contributed by atoms with Crippen LogP contribution < -0.4 is 5.32 Å². The molecule has 19 heavy (non-hydrogen) atoms. The van der Waals surface area contributed by atoms with Gasteiger partial charge in [-0.05, 0) is 13.5 Å². The minimum absolute atomic E-state index is 0.0975. The molecule has 1 aliphatic heterocycles. The standard InChI is InChI=1S/C12H17N5O2/c1-13-9-3-6-18-7-8(9)12-15-10(16-19-12)11-14-4-5-17(11)2/h4-5,8-9,13H,3,6-7H2,1-2H3. The molecule has 2 unspecified atom stereocenters. The Kier molecular flexibility index (Phi) is 3.31. The molecule has 3 heterocycles. The van der Waals surface area contributed by atoms with Crippen LogP contribution in [0.2, 0.25) is 0 Å². The van der Waals surface area contributed by atoms with Gasteiger partial charge in [-0.15, -0.1) is 0 Å². The zero-order chi connectivity index (χ0) is 13.2. The Morgan fingerprint density at radius 1 is 1.47 bits per heavy atom. The van der Waals surface area contributed by atoms with Gasteiger partial charge < -0.3 is 19.1 Å². The van der Waals surface area contributed by atoms with Gasteiger partial charge in [-0.1, -0.05) is 5.16 Å². The van der Waals surface area contributed by atoms with E-state index in [4.69, 9.17) is 9.26 Å². The third-order valence-electron chi connectivity index (χ3n) is 3.51. The Balaban J connectivity index is 1.86. The lowest BCUT2D eigenvalue weighted by Gasteiger charge is -2.28. The molecule has 102 valence electrons. The SMILES string of the molecule is CNC1CCOCC1c1nc(-c2nccn2C)no1. The lowest BCUT2D eigenvalue weighted by atomic mass is 9.96. The van der Waals surface area contributed by atoms with Crippen molar-refractivity contribution in [2.24, 2.45) is 7.05 Å². The van der Waals surface area contributed by atoms with Crippen LogP contribution in [-0.4, -0.2) is 46.0 Å². The molecule has 7 heteroatoms. The Morgan fingerprint density at radius 3 is 3.11 bits per heavy atom. The molecule has 7 nitrogen and oxygen atoms in total. The van der Waals surface area contributed by atoms with Crippen LogP contribution in [0.5, 0.6) is 0 Å². The number of likely N-dealkylation sites (N-methyl/N-ethyl adjacent to an activating group) is 1. The zero-order valence-electron chi connectivity index (χ0n) is 11.0. The van der Waals surface area contributed by atoms with Gasteiger partial charge in [0, 0.05) is 32.1 Å². The molecule has 0 amide bonds. The summed E-state index contributed by atoms with van der Waals surface area (Å²) in [6.45, 7) is 1.37. The Hall–Kier alpha value is -1.73. The fourth-order valence-electron chi connectivity index (χ4n) is 2.38. The van der Waals surface area contributed by atoms with Crippen LogP contribution in [0, 0.1) is 0 Å². The molecule has 1 aliphatic rings. The molecular formula is C12H17N5O2. The van der Waals surface area contributed by atoms with Gasteiger partial charge in [0.1, 0.15) is 0 Å². The summed E-state index contributed by atoms with van der Waals surface area (Å²) in [5, 5.41) is 7.29. The smallest absolute Gasteiger partial charge is 0.238 e. The van der Waals surface area contributed by atoms with E-state index < -0.39 is 0 Å². The summed E-state index contributed by atoms with van der Waals surface area (Å²) in [5.41, 5.74) is 0. The first-order valence-corrected chi connectivity index (χ1v) is 6.36. The van der Waals surface area contributed by atoms with Crippen LogP contribution in [0.4, 0.5) is 0 Å². The molecule has 0 saturated carbocycles. The van der Waals surface area contributed by atoms with Crippen molar-refractivity contribution in [1.82, 2.24) is 25.0 Å². The highest BCUT2D eigenvalue weighted by atomic mass is 16.5. The number of ether oxygens (including phenoxy) is 1. The highest BCUT2D eigenvalue weighted by molar-refractivity contribution is 5.42. The molecular weight excluding hydrogens is 246 g/mol. The molecule has 2 aromatic rings. The lowest BCUT2D eigenvalue weighted by Crippen LogP contribution is -2.39. The van der Waals surface area contributed by atoms with Gasteiger partial charge in [0.25, 0.3) is 0 Å². The van der Waals surface area contributed by atoms with Crippen molar-refractivity contribution in [3.63, 3.8) is 0 Å². The molecule has 2 atom stereocenters. The number of nitrogens with one attached hydrogen (secondary N) is 1. The van der Waals surface area contributed by atoms with Crippen molar-refractivity contribution in [1.29, 1.82) is 0 Å². The molecule has 0 aliphatic carbocycles. The van der Waals surface area contributed by atoms with E-state index in [9.17, 15) is 0 Å². The van der Waals surface area contributed by atoms with Gasteiger partial charge in [-0.25, -0.2) is 4.98 Å². The van der Waals surface area contributed by atoms with E-state index >= 15 is 0 Å². The van der Waals surface area contributed by atoms with Crippen molar-refractivity contribution >= 4 is 0 Å². The van der Waals surface area contributed by atoms with Crippen LogP contribution in [0.3, 0.4) is 0 Å². The molecule has 1 N–H and O–H groups in total. The summed E-state index contributed by atoms with van der Waals surface area (Å²) in [6.07, 6.45) is 4.51. The average Bonchev–Trinajstić information content (AvgIpc) is 3.07. The molecule has 0 bridgehead atoms. The van der Waals surface area contributed by atoms with E-state index in [1.165, 1.54) is 0 Å². The van der Waals surface area contributed by atoms with Gasteiger partial charge >= 0.3 is 0 Å². The Morgan fingerprint density at radius 2 is 2.37 bits per heavy atom. The summed E-state index contributed by atoms with van der Waals surface area (Å²) in [5.74, 6) is 1.92. The number of hydrogen-bond donors (Lipinski definition) is 1. The molecule has 0 radical (unpaired) electrons. The first-order chi connectivity index (χ1) is 9.29. The zero-order valence-corrected chi connectivity index (χ0v) is 11.0. The first-order valence-electron chi connectivity index (χ1n) is 6.36. The monoisotopic (exact) mass is 263 g/mol. The van der Waals surface area contributed by atoms with Crippen LogP contribution >= 0.6 is 0 Å². The maximum absolute atomic E-state index is 5.50. The van der Waals surface area contributed by atoms with Gasteiger partial charge in [0.05, 0.1) is 12.5 Å². The summed E-state index contributed by atoms with van der Waals surface area (Å²) in [7, 11) is 3.84. The molecule has 0 spiro atoms. The van der Waals surface area contributed by atoms with Gasteiger partial charge in [-0.3, -0.25) is 0 Å². The minimum atomic E-state index is 0.0975. The summed E-state index contributed by atoms with van der Waals surface area (Å²) in [4.78, 5) is 8.67. The van der Waals surface area contributed by atoms with E-state index in [1.807, 2.05) is 24.9 Å². The summed E-state index contributed by atoms with van der Waals surface area (Å²) in [6, 6.07) is 0.309. The predicted octanol–water partition coefficient (Wildman–Crippen LogP) is 0.562. The lowest BCUT2D eigenvalue weighted by molar-refractivity contribution is 0.0516. The molecule has 1 fully saturated rings. The first kappa shape index (κ1) is 12.3. The summed E-state index contributed by atoms with van der Waals surface area (Å²) < 4.78 is 12.7. The van der Waals surface area contributed by atoms with E-state index in [-0.39, 0.29) is 5.92 Å². The molecule has 2 aromatic heterocycles. The number of imidazole rings is 1. The maximum Gasteiger partial charge on any atom is 0.238 e. The Bertz CT molecular complexity index is 550. The second-order valence-corrected chi connectivity index (χ2v) is 4.68. The number of rotatable bonds is 3. The fraction of sp³-hybridized carbons (Fsp3) is 0.583. The van der Waals surface area contributed by atoms with Crippen LogP contribution in [0.1, 0.15) is 18.2 Å². The average molecular weight is 263 g/mol. The fourth-order valence-corrected chi connectivity index (χ4v) is 2.38. The van der Waals surface area contributed by atoms with Crippen LogP contribution in [0.15, 0.2) is 16.9 Å². The normalized spacial score (nSPS) is 23.7. The second kappa shape index (κ2) is 5.10. The van der Waals surface area contributed by atoms with Crippen molar-refractivity contribution < 1.29 is 9.26 Å². The van der Waals surface area contributed by atoms with Gasteiger partial charge in [0.2, 0.25) is 11.7 Å². The third-order valence-corrected chi connectivity index (χ3v) is 3.51. The maximum atomic E-state index is 5.50. The number of aromatic nitrogens is 4. The van der Waals surface area contributed by atoms with E-state index in [2.05, 4.69) is 20.4 Å². The van der Waals surface area contributed by atoms with Crippen molar-refractivity contribution in [3.8, 4) is 11.6 Å². The van der Waals surface area contributed by atoms with Crippen LogP contribution in [-0.2, 0) is 11.8 Å². The van der Waals surface area contributed by atoms with Gasteiger partial charge in [0.15, 0.2) is 5.82 Å².